The summed E-state index contributed by atoms with van der Waals surface area (Å²) in [6.45, 7) is 2.09. The average molecular weight is 154 g/mol. The van der Waals surface area contributed by atoms with Gasteiger partial charge in [0.25, 0.3) is 0 Å². The van der Waals surface area contributed by atoms with E-state index in [1.54, 1.807) is 0 Å². The van der Waals surface area contributed by atoms with Gasteiger partial charge in [0, 0.05) is 5.92 Å². The van der Waals surface area contributed by atoms with Gasteiger partial charge in [0.2, 0.25) is 0 Å². The van der Waals surface area contributed by atoms with Crippen LogP contribution in [0.1, 0.15) is 39.0 Å². The second-order valence-electron chi connectivity index (χ2n) is 3.93. The number of fused-ring (bicyclic) bond motifs is 1. The van der Waals surface area contributed by atoms with Crippen molar-refractivity contribution in [3.8, 4) is 0 Å². The van der Waals surface area contributed by atoms with Crippen LogP contribution in [0.25, 0.3) is 0 Å². The van der Waals surface area contributed by atoms with Crippen molar-refractivity contribution in [3.05, 3.63) is 0 Å². The molecule has 0 unspecified atom stereocenters. The van der Waals surface area contributed by atoms with E-state index in [2.05, 4.69) is 6.92 Å². The summed E-state index contributed by atoms with van der Waals surface area (Å²) in [5.41, 5.74) is -0.0880. The fourth-order valence-electron chi connectivity index (χ4n) is 2.33. The zero-order valence-corrected chi connectivity index (χ0v) is 6.93. The fourth-order valence-corrected chi connectivity index (χ4v) is 2.33. The van der Waals surface area contributed by atoms with E-state index in [-0.39, 0.29) is 11.6 Å². The number of hydrogen-bond acceptors (Lipinski definition) is 2. The normalized spacial score (nSPS) is 43.4. The average Bonchev–Trinajstić information content (AvgIpc) is 2.22. The van der Waals surface area contributed by atoms with Crippen molar-refractivity contribution in [2.45, 2.75) is 44.6 Å². The van der Waals surface area contributed by atoms with Crippen molar-refractivity contribution < 1.29 is 9.53 Å². The first-order valence-electron chi connectivity index (χ1n) is 4.42. The van der Waals surface area contributed by atoms with Gasteiger partial charge in [-0.3, -0.25) is 4.79 Å². The van der Waals surface area contributed by atoms with Gasteiger partial charge in [-0.05, 0) is 26.2 Å². The van der Waals surface area contributed by atoms with Crippen LogP contribution in [0, 0.1) is 5.92 Å². The van der Waals surface area contributed by atoms with Crippen LogP contribution in [0.15, 0.2) is 0 Å². The monoisotopic (exact) mass is 154 g/mol. The summed E-state index contributed by atoms with van der Waals surface area (Å²) >= 11 is 0. The Bertz CT molecular complexity index is 188. The highest BCUT2D eigenvalue weighted by Gasteiger charge is 2.46. The van der Waals surface area contributed by atoms with E-state index in [1.165, 1.54) is 19.3 Å². The van der Waals surface area contributed by atoms with Gasteiger partial charge >= 0.3 is 5.97 Å². The van der Waals surface area contributed by atoms with Gasteiger partial charge in [-0.15, -0.1) is 0 Å². The molecule has 0 spiro atoms. The Morgan fingerprint density at radius 3 is 3.09 bits per heavy atom. The summed E-state index contributed by atoms with van der Waals surface area (Å²) in [7, 11) is 0. The molecular weight excluding hydrogens is 140 g/mol. The van der Waals surface area contributed by atoms with E-state index in [1.807, 2.05) is 0 Å². The molecule has 0 amide bonds. The molecule has 2 rings (SSSR count). The number of rotatable bonds is 0. The lowest BCUT2D eigenvalue weighted by Gasteiger charge is -2.33. The molecule has 0 N–H and O–H groups in total. The minimum atomic E-state index is -0.0880. The maximum atomic E-state index is 11.0. The van der Waals surface area contributed by atoms with Crippen molar-refractivity contribution in [2.75, 3.05) is 0 Å². The summed E-state index contributed by atoms with van der Waals surface area (Å²) in [5, 5.41) is 0. The highest BCUT2D eigenvalue weighted by molar-refractivity contribution is 5.72. The van der Waals surface area contributed by atoms with Gasteiger partial charge in [0.15, 0.2) is 0 Å². The molecular formula is C9H14O2. The Labute approximate surface area is 66.9 Å². The molecule has 0 bridgehead atoms. The summed E-state index contributed by atoms with van der Waals surface area (Å²) < 4.78 is 5.31. The maximum absolute atomic E-state index is 11.0. The molecule has 2 nitrogen and oxygen atoms in total. The minimum absolute atomic E-state index is 0.0133. The first kappa shape index (κ1) is 7.14. The predicted octanol–water partition coefficient (Wildman–Crippen LogP) is 1.88. The zero-order valence-electron chi connectivity index (χ0n) is 6.93. The van der Waals surface area contributed by atoms with Crippen LogP contribution < -0.4 is 0 Å². The van der Waals surface area contributed by atoms with Crippen LogP contribution in [-0.4, -0.2) is 11.6 Å². The lowest BCUT2D eigenvalue weighted by atomic mass is 9.77. The number of esters is 1. The van der Waals surface area contributed by atoms with Crippen LogP contribution >= 0.6 is 0 Å². The summed E-state index contributed by atoms with van der Waals surface area (Å²) in [6.07, 6.45) is 5.42. The summed E-state index contributed by atoms with van der Waals surface area (Å²) in [4.78, 5) is 11.0. The lowest BCUT2D eigenvalue weighted by Crippen LogP contribution is -2.34. The van der Waals surface area contributed by atoms with Crippen LogP contribution in [0.5, 0.6) is 0 Å². The maximum Gasteiger partial charge on any atom is 0.306 e. The molecule has 1 aliphatic heterocycles. The number of hydrogen-bond donors (Lipinski definition) is 0. The van der Waals surface area contributed by atoms with Gasteiger partial charge in [0.05, 0.1) is 6.42 Å². The quantitative estimate of drug-likeness (QED) is 0.498. The molecule has 0 aromatic heterocycles. The van der Waals surface area contributed by atoms with E-state index >= 15 is 0 Å². The predicted molar refractivity (Wildman–Crippen MR) is 41.1 cm³/mol. The van der Waals surface area contributed by atoms with Crippen molar-refractivity contribution in [3.63, 3.8) is 0 Å². The summed E-state index contributed by atoms with van der Waals surface area (Å²) in [6, 6.07) is 0. The molecule has 1 saturated heterocycles. The smallest absolute Gasteiger partial charge is 0.306 e. The third kappa shape index (κ3) is 1.05. The summed E-state index contributed by atoms with van der Waals surface area (Å²) in [5.74, 6) is 0.531. The van der Waals surface area contributed by atoms with Crippen molar-refractivity contribution >= 4 is 5.97 Å². The Balaban J connectivity index is 2.17. The van der Waals surface area contributed by atoms with Crippen LogP contribution in [0.4, 0.5) is 0 Å². The van der Waals surface area contributed by atoms with E-state index in [0.29, 0.717) is 12.3 Å². The van der Waals surface area contributed by atoms with E-state index in [0.717, 1.165) is 6.42 Å². The minimum Gasteiger partial charge on any atom is -0.459 e. The third-order valence-electron chi connectivity index (χ3n) is 3.10. The van der Waals surface area contributed by atoms with Gasteiger partial charge < -0.3 is 4.74 Å². The first-order valence-corrected chi connectivity index (χ1v) is 4.42. The molecule has 2 aliphatic rings. The van der Waals surface area contributed by atoms with E-state index in [9.17, 15) is 4.79 Å². The van der Waals surface area contributed by atoms with Gasteiger partial charge in [0.1, 0.15) is 5.60 Å². The lowest BCUT2D eigenvalue weighted by molar-refractivity contribution is -0.149. The second-order valence-corrected chi connectivity index (χ2v) is 3.93. The topological polar surface area (TPSA) is 26.3 Å². The molecule has 0 aromatic rings. The number of ether oxygens (including phenoxy) is 1. The Kier molecular flexibility index (Phi) is 1.44. The largest absolute Gasteiger partial charge is 0.459 e. The molecule has 1 heterocycles. The molecule has 62 valence electrons. The van der Waals surface area contributed by atoms with E-state index < -0.39 is 0 Å². The third-order valence-corrected chi connectivity index (χ3v) is 3.10. The molecule has 11 heavy (non-hydrogen) atoms. The Morgan fingerprint density at radius 2 is 2.36 bits per heavy atom. The van der Waals surface area contributed by atoms with Gasteiger partial charge in [-0.2, -0.15) is 0 Å². The van der Waals surface area contributed by atoms with Gasteiger partial charge in [-0.25, -0.2) is 0 Å². The molecule has 0 aromatic carbocycles. The molecule has 1 saturated carbocycles. The SMILES string of the molecule is C[C@@]12CCCC[C@@H]1CC(=O)O2. The number of carbonyl (C=O) groups is 1. The molecule has 2 heteroatoms. The van der Waals surface area contributed by atoms with Crippen molar-refractivity contribution in [2.24, 2.45) is 5.92 Å². The van der Waals surface area contributed by atoms with Crippen LogP contribution in [0.2, 0.25) is 0 Å². The van der Waals surface area contributed by atoms with Gasteiger partial charge in [-0.1, -0.05) is 6.42 Å². The molecule has 2 fully saturated rings. The zero-order chi connectivity index (χ0) is 7.90. The van der Waals surface area contributed by atoms with Crippen LogP contribution in [0.3, 0.4) is 0 Å². The van der Waals surface area contributed by atoms with E-state index in [4.69, 9.17) is 4.74 Å². The molecule has 1 aliphatic carbocycles. The Hall–Kier alpha value is -0.530. The highest BCUT2D eigenvalue weighted by Crippen LogP contribution is 2.43. The second kappa shape index (κ2) is 2.23. The molecule has 0 radical (unpaired) electrons. The standard InChI is InChI=1S/C9H14O2/c1-9-5-3-2-4-7(9)6-8(10)11-9/h7H,2-6H2,1H3/t7-,9-/m1/s1. The van der Waals surface area contributed by atoms with Crippen molar-refractivity contribution in [1.82, 2.24) is 0 Å². The molecule has 2 atom stereocenters. The van der Waals surface area contributed by atoms with Crippen molar-refractivity contribution in [1.29, 1.82) is 0 Å². The van der Waals surface area contributed by atoms with Crippen LogP contribution in [-0.2, 0) is 9.53 Å². The number of carbonyl (C=O) groups excluding carboxylic acids is 1. The highest BCUT2D eigenvalue weighted by atomic mass is 16.6. The fraction of sp³-hybridized carbons (Fsp3) is 0.889. The first-order chi connectivity index (χ1) is 5.21. The Morgan fingerprint density at radius 1 is 1.55 bits per heavy atom.